The summed E-state index contributed by atoms with van der Waals surface area (Å²) in [6.45, 7) is 2.01. The quantitative estimate of drug-likeness (QED) is 0.495. The number of piperazine rings is 1. The Bertz CT molecular complexity index is 1270. The molecule has 0 spiro atoms. The summed E-state index contributed by atoms with van der Waals surface area (Å²) in [6, 6.07) is 15.3. The van der Waals surface area contributed by atoms with Crippen molar-refractivity contribution in [3.63, 3.8) is 0 Å². The number of thiophene rings is 1. The first-order chi connectivity index (χ1) is 13.5. The molecule has 1 aliphatic rings. The molecule has 1 fully saturated rings. The van der Waals surface area contributed by atoms with Gasteiger partial charge in [0.2, 0.25) is 0 Å². The molecule has 0 bridgehead atoms. The molecule has 4 heterocycles. The molecule has 0 amide bonds. The van der Waals surface area contributed by atoms with Crippen molar-refractivity contribution in [2.45, 2.75) is 4.21 Å². The Kier molecular flexibility index (Phi) is 4.31. The van der Waals surface area contributed by atoms with Crippen LogP contribution in [0.15, 0.2) is 58.9 Å². The van der Waals surface area contributed by atoms with Crippen molar-refractivity contribution >= 4 is 55.3 Å². The van der Waals surface area contributed by atoms with Gasteiger partial charge in [-0.3, -0.25) is 0 Å². The molecule has 28 heavy (non-hydrogen) atoms. The van der Waals surface area contributed by atoms with E-state index in [9.17, 15) is 8.42 Å². The highest BCUT2D eigenvalue weighted by Crippen LogP contribution is 2.30. The smallest absolute Gasteiger partial charge is 0.252 e. The lowest BCUT2D eigenvalue weighted by atomic mass is 10.2. The van der Waals surface area contributed by atoms with E-state index in [0.717, 1.165) is 33.7 Å². The van der Waals surface area contributed by atoms with Crippen LogP contribution in [0.2, 0.25) is 4.34 Å². The second kappa shape index (κ2) is 6.73. The predicted octanol–water partition coefficient (Wildman–Crippen LogP) is 3.71. The van der Waals surface area contributed by atoms with Gasteiger partial charge in [0.1, 0.15) is 4.21 Å². The van der Waals surface area contributed by atoms with Crippen molar-refractivity contribution in [3.05, 3.63) is 59.1 Å². The minimum absolute atomic E-state index is 0.295. The molecule has 0 N–H and O–H groups in total. The monoisotopic (exact) mass is 432 g/mol. The highest BCUT2D eigenvalue weighted by atomic mass is 35.5. The van der Waals surface area contributed by atoms with E-state index < -0.39 is 10.0 Å². The van der Waals surface area contributed by atoms with Crippen molar-refractivity contribution in [3.8, 4) is 0 Å². The molecule has 1 saturated heterocycles. The first-order valence-corrected chi connectivity index (χ1v) is 11.5. The first kappa shape index (κ1) is 17.9. The Labute approximate surface area is 171 Å². The van der Waals surface area contributed by atoms with Crippen LogP contribution in [-0.2, 0) is 10.0 Å². The lowest BCUT2D eigenvalue weighted by Crippen LogP contribution is -2.48. The molecular formula is C19H17ClN4O2S2. The summed E-state index contributed by atoms with van der Waals surface area (Å²) in [7, 11) is -3.50. The summed E-state index contributed by atoms with van der Waals surface area (Å²) in [5, 5.41) is 0. The molecule has 3 aromatic heterocycles. The van der Waals surface area contributed by atoms with Gasteiger partial charge in [0, 0.05) is 32.4 Å². The molecule has 4 aromatic rings. The fourth-order valence-corrected chi connectivity index (χ4v) is 6.70. The number of halogens is 1. The minimum atomic E-state index is -3.50. The Hall–Kier alpha value is -2.13. The van der Waals surface area contributed by atoms with E-state index in [1.165, 1.54) is 4.31 Å². The number of anilines is 1. The second-order valence-corrected chi connectivity index (χ2v) is 10.5. The van der Waals surface area contributed by atoms with Crippen molar-refractivity contribution in [1.82, 2.24) is 13.7 Å². The van der Waals surface area contributed by atoms with Crippen LogP contribution in [0.3, 0.4) is 0 Å². The molecule has 144 valence electrons. The van der Waals surface area contributed by atoms with Crippen LogP contribution in [0, 0.1) is 0 Å². The van der Waals surface area contributed by atoms with Crippen LogP contribution < -0.4 is 4.90 Å². The fraction of sp³-hybridized carbons (Fsp3) is 0.211. The van der Waals surface area contributed by atoms with Crippen molar-refractivity contribution in [2.75, 3.05) is 31.1 Å². The molecular weight excluding hydrogens is 416 g/mol. The van der Waals surface area contributed by atoms with Crippen LogP contribution >= 0.6 is 22.9 Å². The van der Waals surface area contributed by atoms with E-state index >= 15 is 0 Å². The number of fused-ring (bicyclic) bond motifs is 3. The van der Waals surface area contributed by atoms with Crippen molar-refractivity contribution < 1.29 is 8.42 Å². The minimum Gasteiger partial charge on any atom is -0.352 e. The van der Waals surface area contributed by atoms with Gasteiger partial charge in [0.05, 0.1) is 20.9 Å². The maximum atomic E-state index is 12.8. The maximum absolute atomic E-state index is 12.8. The molecule has 6 nitrogen and oxygen atoms in total. The van der Waals surface area contributed by atoms with Gasteiger partial charge in [-0.1, -0.05) is 23.7 Å². The highest BCUT2D eigenvalue weighted by Gasteiger charge is 2.30. The summed E-state index contributed by atoms with van der Waals surface area (Å²) >= 11 is 7.01. The van der Waals surface area contributed by atoms with Crippen molar-refractivity contribution in [1.29, 1.82) is 0 Å². The third-order valence-corrected chi connectivity index (χ3v) is 8.62. The molecule has 5 rings (SSSR count). The van der Waals surface area contributed by atoms with E-state index in [-0.39, 0.29) is 0 Å². The van der Waals surface area contributed by atoms with Gasteiger partial charge in [-0.15, -0.1) is 11.3 Å². The number of benzene rings is 1. The van der Waals surface area contributed by atoms with Gasteiger partial charge >= 0.3 is 0 Å². The van der Waals surface area contributed by atoms with E-state index in [1.54, 1.807) is 12.1 Å². The third-order valence-electron chi connectivity index (χ3n) is 5.03. The van der Waals surface area contributed by atoms with Crippen LogP contribution in [0.25, 0.3) is 16.6 Å². The molecule has 1 aromatic carbocycles. The van der Waals surface area contributed by atoms with E-state index in [2.05, 4.69) is 15.4 Å². The van der Waals surface area contributed by atoms with Gasteiger partial charge in [-0.2, -0.15) is 4.31 Å². The average molecular weight is 433 g/mol. The fourth-order valence-electron chi connectivity index (χ4n) is 3.64. The molecule has 0 aliphatic carbocycles. The normalized spacial score (nSPS) is 16.2. The number of rotatable bonds is 3. The Balaban J connectivity index is 1.45. The Morgan fingerprint density at radius 3 is 2.43 bits per heavy atom. The predicted molar refractivity (Wildman–Crippen MR) is 113 cm³/mol. The van der Waals surface area contributed by atoms with Crippen LogP contribution in [0.1, 0.15) is 0 Å². The highest BCUT2D eigenvalue weighted by molar-refractivity contribution is 7.91. The van der Waals surface area contributed by atoms with Crippen LogP contribution in [0.4, 0.5) is 5.82 Å². The number of aromatic nitrogens is 2. The standard InChI is InChI=1S/C19H17ClN4O2S2/c20-17-7-8-18(27-17)28(25,26)23-12-10-22(11-13-23)19-16-6-3-9-24(16)15-5-2-1-4-14(15)21-19/h1-9H,10-13H2. The molecule has 9 heteroatoms. The van der Waals surface area contributed by atoms with Gasteiger partial charge in [0.25, 0.3) is 10.0 Å². The van der Waals surface area contributed by atoms with Crippen LogP contribution in [-0.4, -0.2) is 48.3 Å². The second-order valence-electron chi connectivity index (χ2n) is 6.64. The zero-order valence-corrected chi connectivity index (χ0v) is 17.2. The number of sulfonamides is 1. The zero-order chi connectivity index (χ0) is 19.3. The topological polar surface area (TPSA) is 57.9 Å². The summed E-state index contributed by atoms with van der Waals surface area (Å²) in [6.07, 6.45) is 2.03. The summed E-state index contributed by atoms with van der Waals surface area (Å²) in [5.41, 5.74) is 3.01. The van der Waals surface area contributed by atoms with Gasteiger partial charge in [0.15, 0.2) is 5.82 Å². The number of nitrogens with zero attached hydrogens (tertiary/aromatic N) is 4. The van der Waals surface area contributed by atoms with E-state index in [1.807, 2.05) is 36.5 Å². The Morgan fingerprint density at radius 2 is 1.68 bits per heavy atom. The maximum Gasteiger partial charge on any atom is 0.252 e. The molecule has 0 radical (unpaired) electrons. The lowest BCUT2D eigenvalue weighted by molar-refractivity contribution is 0.385. The number of para-hydroxylation sites is 2. The SMILES string of the molecule is O=S(=O)(c1ccc(Cl)s1)N1CCN(c2nc3ccccc3n3cccc23)CC1. The third kappa shape index (κ3) is 2.88. The lowest BCUT2D eigenvalue weighted by Gasteiger charge is -2.34. The van der Waals surface area contributed by atoms with E-state index in [0.29, 0.717) is 34.7 Å². The van der Waals surface area contributed by atoms with Gasteiger partial charge in [-0.25, -0.2) is 13.4 Å². The van der Waals surface area contributed by atoms with E-state index in [4.69, 9.17) is 16.6 Å². The molecule has 0 atom stereocenters. The molecule has 1 aliphatic heterocycles. The van der Waals surface area contributed by atoms with Crippen molar-refractivity contribution in [2.24, 2.45) is 0 Å². The Morgan fingerprint density at radius 1 is 0.929 bits per heavy atom. The number of hydrogen-bond acceptors (Lipinski definition) is 5. The number of hydrogen-bond donors (Lipinski definition) is 0. The summed E-state index contributed by atoms with van der Waals surface area (Å²) in [4.78, 5) is 7.03. The van der Waals surface area contributed by atoms with Gasteiger partial charge in [-0.05, 0) is 36.4 Å². The van der Waals surface area contributed by atoms with Gasteiger partial charge < -0.3 is 9.30 Å². The largest absolute Gasteiger partial charge is 0.352 e. The molecule has 0 saturated carbocycles. The average Bonchev–Trinajstić information content (AvgIpc) is 3.37. The summed E-state index contributed by atoms with van der Waals surface area (Å²) in [5.74, 6) is 0.889. The van der Waals surface area contributed by atoms with Crippen LogP contribution in [0.5, 0.6) is 0 Å². The molecule has 0 unspecified atom stereocenters. The first-order valence-electron chi connectivity index (χ1n) is 8.90. The zero-order valence-electron chi connectivity index (χ0n) is 14.8. The summed E-state index contributed by atoms with van der Waals surface area (Å²) < 4.78 is 30.1.